The molecule has 0 spiro atoms. The third-order valence-electron chi connectivity index (χ3n) is 7.89. The number of halogens is 1. The lowest BCUT2D eigenvalue weighted by Crippen LogP contribution is -2.44. The number of nitrogens with zero attached hydrogens (tertiary/aromatic N) is 3. The molecule has 1 atom stereocenters. The Morgan fingerprint density at radius 2 is 1.72 bits per heavy atom. The van der Waals surface area contributed by atoms with Crippen molar-refractivity contribution in [3.63, 3.8) is 0 Å². The van der Waals surface area contributed by atoms with Crippen molar-refractivity contribution in [3.8, 4) is 0 Å². The number of rotatable bonds is 8. The molecule has 0 bridgehead atoms. The molecule has 0 saturated carbocycles. The van der Waals surface area contributed by atoms with Crippen molar-refractivity contribution in [2.45, 2.75) is 25.6 Å². The smallest absolute Gasteiger partial charge is 0.354 e. The number of primary amides is 1. The first-order chi connectivity index (χ1) is 23.3. The van der Waals surface area contributed by atoms with Gasteiger partial charge in [0.25, 0.3) is 22.3 Å². The van der Waals surface area contributed by atoms with Gasteiger partial charge in [-0.2, -0.15) is 0 Å². The van der Waals surface area contributed by atoms with Crippen LogP contribution in [-0.2, 0) is 29.0 Å². The summed E-state index contributed by atoms with van der Waals surface area (Å²) >= 11 is 0. The molecule has 50 heavy (non-hydrogen) atoms. The highest BCUT2D eigenvalue weighted by atomic mass is 35.5. The van der Waals surface area contributed by atoms with Gasteiger partial charge in [-0.1, -0.05) is 30.3 Å². The fourth-order valence-electron chi connectivity index (χ4n) is 5.36. The number of carboxylic acid groups (broad SMARTS) is 1. The van der Waals surface area contributed by atoms with Gasteiger partial charge in [-0.25, -0.2) is 19.1 Å². The Balaban J connectivity index is 0.000000241. The maximum Gasteiger partial charge on any atom is 0.354 e. The summed E-state index contributed by atoms with van der Waals surface area (Å²) in [4.78, 5) is 87.5. The molecule has 2 aromatic heterocycles. The van der Waals surface area contributed by atoms with Gasteiger partial charge < -0.3 is 37.3 Å². The number of aromatic nitrogens is 3. The van der Waals surface area contributed by atoms with Crippen LogP contribution in [0.1, 0.15) is 59.6 Å². The Hall–Kier alpha value is -6.33. The maximum atomic E-state index is 12.6. The molecule has 0 saturated heterocycles. The van der Waals surface area contributed by atoms with Crippen molar-refractivity contribution in [2.75, 3.05) is 24.3 Å². The van der Waals surface area contributed by atoms with Crippen LogP contribution in [0.25, 0.3) is 5.65 Å². The van der Waals surface area contributed by atoms with Crippen molar-refractivity contribution >= 4 is 53.2 Å². The van der Waals surface area contributed by atoms with Crippen LogP contribution in [0.2, 0.25) is 0 Å². The Labute approximate surface area is 287 Å². The second-order valence-corrected chi connectivity index (χ2v) is 11.0. The quantitative estimate of drug-likeness (QED) is 0.0900. The number of hydrogen-bond donors (Lipinski definition) is 6. The minimum atomic E-state index is -1.41. The number of fused-ring (bicyclic) bond motifs is 2. The molecule has 0 radical (unpaired) electrons. The number of benzene rings is 2. The van der Waals surface area contributed by atoms with Crippen LogP contribution in [0.15, 0.2) is 69.0 Å². The maximum absolute atomic E-state index is 12.6. The number of aromatic carboxylic acids is 1. The van der Waals surface area contributed by atoms with Gasteiger partial charge in [0.1, 0.15) is 23.1 Å². The molecule has 18 heteroatoms. The molecule has 2 amide bonds. The number of ether oxygens (including phenoxy) is 1. The molecular formula is C32H31ClN8O9. The first kappa shape index (κ1) is 36.5. The highest BCUT2D eigenvalue weighted by molar-refractivity contribution is 5.98. The molecule has 260 valence electrons. The second-order valence-electron chi connectivity index (χ2n) is 11.0. The number of esters is 1. The van der Waals surface area contributed by atoms with Crippen molar-refractivity contribution in [2.24, 2.45) is 11.5 Å². The summed E-state index contributed by atoms with van der Waals surface area (Å²) in [6.07, 6.45) is 0.846. The van der Waals surface area contributed by atoms with Gasteiger partial charge in [0.15, 0.2) is 11.3 Å². The standard InChI is InChI=1S/C18H15N5O7.C14H15N3O2.ClH/c1-30-18(29)9-4-2-8(3-5-9)14(15(19)25)21-16(26)10-6-11(17(27)28)23-12(20-10)7-13(24)22-23;15-6-8-1-2-9-3-4-17(7-10(9)5-8)12-11(16)13(18)14(12)19;/h2-7,14H,1H3,(H2,19,25)(H,21,26)(H,22,24)(H,27,28);1-2,5H,3-4,6-7,15-16H2;1H/t14-;;/m1../s1. The van der Waals surface area contributed by atoms with Gasteiger partial charge in [-0.05, 0) is 40.8 Å². The summed E-state index contributed by atoms with van der Waals surface area (Å²) in [7, 11) is 1.22. The van der Waals surface area contributed by atoms with Crippen molar-refractivity contribution < 1.29 is 29.0 Å². The SMILES string of the molecule is COC(=O)c1ccc([C@@H](NC(=O)c2cc(C(=O)O)n3[nH]c(=O)cc3n2)C(N)=O)cc1.Cl.NCc1ccc2c(c1)CN(c1c(N)c(=O)c1=O)CC2. The van der Waals surface area contributed by atoms with Gasteiger partial charge in [-0.15, -0.1) is 12.4 Å². The predicted molar refractivity (Wildman–Crippen MR) is 182 cm³/mol. The first-order valence-corrected chi connectivity index (χ1v) is 14.6. The monoisotopic (exact) mass is 706 g/mol. The minimum absolute atomic E-state index is 0. The van der Waals surface area contributed by atoms with Crippen LogP contribution in [0.5, 0.6) is 0 Å². The van der Waals surface area contributed by atoms with E-state index in [1.165, 1.54) is 36.9 Å². The molecule has 17 nitrogen and oxygen atoms in total. The summed E-state index contributed by atoms with van der Waals surface area (Å²) in [6, 6.07) is 12.4. The van der Waals surface area contributed by atoms with E-state index in [0.29, 0.717) is 25.3 Å². The lowest BCUT2D eigenvalue weighted by atomic mass is 9.96. The Morgan fingerprint density at radius 1 is 1.02 bits per heavy atom. The van der Waals surface area contributed by atoms with E-state index in [-0.39, 0.29) is 40.6 Å². The van der Waals surface area contributed by atoms with Gasteiger partial charge in [-0.3, -0.25) is 29.1 Å². The number of amides is 2. The Bertz CT molecular complexity index is 2260. The molecule has 1 aliphatic heterocycles. The van der Waals surface area contributed by atoms with Crippen molar-refractivity contribution in [1.29, 1.82) is 0 Å². The number of nitrogens with two attached hydrogens (primary N) is 3. The number of anilines is 2. The number of aromatic amines is 1. The largest absolute Gasteiger partial charge is 0.477 e. The van der Waals surface area contributed by atoms with E-state index in [1.807, 2.05) is 11.0 Å². The number of hydrogen-bond acceptors (Lipinski definition) is 12. The van der Waals surface area contributed by atoms with Crippen LogP contribution < -0.4 is 43.8 Å². The number of methoxy groups -OCH3 is 1. The number of carboxylic acids is 1. The fourth-order valence-corrected chi connectivity index (χ4v) is 5.36. The van der Waals surface area contributed by atoms with Crippen LogP contribution in [0.4, 0.5) is 11.4 Å². The van der Waals surface area contributed by atoms with E-state index in [2.05, 4.69) is 32.3 Å². The molecule has 5 aromatic rings. The lowest BCUT2D eigenvalue weighted by Gasteiger charge is -2.31. The van der Waals surface area contributed by atoms with Crippen LogP contribution in [0, 0.1) is 0 Å². The van der Waals surface area contributed by atoms with Crippen molar-refractivity contribution in [1.82, 2.24) is 19.9 Å². The molecular weight excluding hydrogens is 676 g/mol. The summed E-state index contributed by atoms with van der Waals surface area (Å²) in [5, 5.41) is 13.9. The van der Waals surface area contributed by atoms with Gasteiger partial charge >= 0.3 is 11.9 Å². The van der Waals surface area contributed by atoms with Crippen LogP contribution >= 0.6 is 12.4 Å². The third kappa shape index (κ3) is 7.23. The third-order valence-corrected chi connectivity index (χ3v) is 7.89. The molecule has 3 heterocycles. The second kappa shape index (κ2) is 14.8. The number of carbonyl (C=O) groups excluding carboxylic acids is 3. The number of H-pyrrole nitrogens is 1. The van der Waals surface area contributed by atoms with Crippen LogP contribution in [0.3, 0.4) is 0 Å². The average molecular weight is 707 g/mol. The Kier molecular flexibility index (Phi) is 10.8. The lowest BCUT2D eigenvalue weighted by molar-refractivity contribution is -0.120. The van der Waals surface area contributed by atoms with Gasteiger partial charge in [0.2, 0.25) is 5.91 Å². The zero-order chi connectivity index (χ0) is 35.6. The molecule has 0 unspecified atom stereocenters. The van der Waals surface area contributed by atoms with Crippen molar-refractivity contribution in [3.05, 3.63) is 125 Å². The first-order valence-electron chi connectivity index (χ1n) is 14.6. The van der Waals surface area contributed by atoms with E-state index in [1.54, 1.807) is 0 Å². The summed E-state index contributed by atoms with van der Waals surface area (Å²) < 4.78 is 5.51. The average Bonchev–Trinajstić information content (AvgIpc) is 3.49. The minimum Gasteiger partial charge on any atom is -0.477 e. The highest BCUT2D eigenvalue weighted by Gasteiger charge is 2.27. The number of carbonyl (C=O) groups is 4. The van der Waals surface area contributed by atoms with Crippen LogP contribution in [-0.4, -0.2) is 57.1 Å². The van der Waals surface area contributed by atoms with E-state index in [4.69, 9.17) is 17.2 Å². The summed E-state index contributed by atoms with van der Waals surface area (Å²) in [5.74, 6) is -3.78. The van der Waals surface area contributed by atoms with Gasteiger partial charge in [0, 0.05) is 31.8 Å². The summed E-state index contributed by atoms with van der Waals surface area (Å²) in [6.45, 7) is 1.82. The Morgan fingerprint density at radius 3 is 2.32 bits per heavy atom. The topological polar surface area (TPSA) is 275 Å². The molecule has 0 fully saturated rings. The van der Waals surface area contributed by atoms with E-state index < -0.39 is 51.9 Å². The molecule has 1 aliphatic rings. The molecule has 0 aliphatic carbocycles. The highest BCUT2D eigenvalue weighted by Crippen LogP contribution is 2.26. The van der Waals surface area contributed by atoms with Gasteiger partial charge in [0.05, 0.1) is 12.7 Å². The summed E-state index contributed by atoms with van der Waals surface area (Å²) in [5.41, 5.74) is 18.6. The zero-order valence-electron chi connectivity index (χ0n) is 26.3. The van der Waals surface area contributed by atoms with E-state index in [0.717, 1.165) is 34.2 Å². The number of nitrogen functional groups attached to an aromatic ring is 1. The normalized spacial score (nSPS) is 12.6. The van der Waals surface area contributed by atoms with E-state index >= 15 is 0 Å². The zero-order valence-corrected chi connectivity index (χ0v) is 27.1. The predicted octanol–water partition coefficient (Wildman–Crippen LogP) is -0.228. The number of nitrogens with one attached hydrogen (secondary N) is 2. The molecule has 3 aromatic carbocycles. The fraction of sp³-hybridized carbons (Fsp3) is 0.188. The van der Waals surface area contributed by atoms with E-state index in [9.17, 15) is 38.7 Å². The molecule has 9 N–H and O–H groups in total. The molecule has 6 rings (SSSR count).